The zero-order valence-electron chi connectivity index (χ0n) is 25.0. The summed E-state index contributed by atoms with van der Waals surface area (Å²) in [6, 6.07) is 27.8. The normalized spacial score (nSPS) is 20.4. The Hall–Kier alpha value is -0.277. The average Bonchev–Trinajstić information content (AvgIpc) is 3.29. The first-order valence-electron chi connectivity index (χ1n) is 14.9. The number of benzene rings is 4. The van der Waals surface area contributed by atoms with Crippen LogP contribution >= 0.6 is 78.0 Å². The molecule has 0 bridgehead atoms. The molecule has 6 rings (SSSR count). The van der Waals surface area contributed by atoms with E-state index in [0.29, 0.717) is 25.7 Å². The third-order valence-corrected chi connectivity index (χ3v) is 31.5. The molecular formula is C36H38Br4O2S2Zr-2. The van der Waals surface area contributed by atoms with Gasteiger partial charge in [-0.2, -0.15) is 49.2 Å². The van der Waals surface area contributed by atoms with Crippen LogP contribution in [0.25, 0.3) is 0 Å². The standard InChI is InChI=1S/C22H24Br4O2S2.2C7H7.Zr/c23-15-7-13(21(27)17(25)9-15)11-29-19-5-3-1-2-4-6-20(19)30-12-14-8-16(24)10-18(26)22(14)28;2*1-7-5-3-2-4-6-7;/h7-10,19-20,27-28H,1-6,11-12H2;2*2-6H,1H2;/q;2*-1;/t19-,20?;;;/m0.../s1. The Bertz CT molecular complexity index is 1530. The van der Waals surface area contributed by atoms with Crippen molar-refractivity contribution in [1.82, 2.24) is 0 Å². The Morgan fingerprint density at radius 1 is 0.600 bits per heavy atom. The van der Waals surface area contributed by atoms with Crippen LogP contribution in [0.15, 0.2) is 103 Å². The summed E-state index contributed by atoms with van der Waals surface area (Å²) >= 11 is 13.6. The van der Waals surface area contributed by atoms with Crippen LogP contribution in [0.1, 0.15) is 60.8 Å². The summed E-state index contributed by atoms with van der Waals surface area (Å²) < 4.78 is 3.61. The molecule has 2 nitrogen and oxygen atoms in total. The second kappa shape index (κ2) is 19.1. The van der Waals surface area contributed by atoms with E-state index in [1.54, 1.807) is 0 Å². The summed E-state index contributed by atoms with van der Waals surface area (Å²) in [6.45, 7) is 7.44. The van der Waals surface area contributed by atoms with Gasteiger partial charge in [-0.25, -0.2) is 0 Å². The van der Waals surface area contributed by atoms with Gasteiger partial charge in [0.15, 0.2) is 0 Å². The zero-order valence-corrected chi connectivity index (χ0v) is 35.5. The van der Waals surface area contributed by atoms with Gasteiger partial charge >= 0.3 is 233 Å². The van der Waals surface area contributed by atoms with E-state index in [0.717, 1.165) is 62.2 Å². The number of hydrogen-bond donors (Lipinski definition) is 2. The summed E-state index contributed by atoms with van der Waals surface area (Å²) in [5, 5.41) is 23.0. The van der Waals surface area contributed by atoms with Crippen molar-refractivity contribution >= 4 is 78.0 Å². The number of fused-ring (bicyclic) bond motifs is 1. The minimum absolute atomic E-state index is 0.414. The fourth-order valence-corrected chi connectivity index (χ4v) is 36.9. The Labute approximate surface area is 314 Å². The summed E-state index contributed by atoms with van der Waals surface area (Å²) in [5.74, 6) is 2.87. The van der Waals surface area contributed by atoms with Gasteiger partial charge in [0.1, 0.15) is 0 Å². The predicted octanol–water partition coefficient (Wildman–Crippen LogP) is 13.1. The molecule has 1 aliphatic carbocycles. The van der Waals surface area contributed by atoms with E-state index < -0.39 is 19.2 Å². The van der Waals surface area contributed by atoms with Crippen molar-refractivity contribution in [3.8, 4) is 11.5 Å². The first-order chi connectivity index (χ1) is 21.6. The molecule has 2 N–H and O–H groups in total. The molecule has 2 unspecified atom stereocenters. The first kappa shape index (κ1) is 37.5. The van der Waals surface area contributed by atoms with Crippen molar-refractivity contribution in [3.05, 3.63) is 139 Å². The second-order valence-electron chi connectivity index (χ2n) is 11.1. The number of phenols is 2. The number of phenolic OH excluding ortho intramolecular Hbond substituents is 2. The van der Waals surface area contributed by atoms with Crippen LogP contribution in [0.5, 0.6) is 11.5 Å². The molecule has 1 heterocycles. The first-order valence-corrected chi connectivity index (χ1v) is 27.0. The summed E-state index contributed by atoms with van der Waals surface area (Å²) in [4.78, 5) is 0. The average molecular weight is 978 g/mol. The Morgan fingerprint density at radius 2 is 0.978 bits per heavy atom. The Morgan fingerprint density at radius 3 is 1.31 bits per heavy atom. The van der Waals surface area contributed by atoms with Crippen molar-refractivity contribution < 1.29 is 29.4 Å². The third-order valence-electron chi connectivity index (χ3n) is 7.61. The smallest absolute Gasteiger partial charge is 0.0866 e. The second-order valence-corrected chi connectivity index (χ2v) is 30.2. The largest absolute Gasteiger partial charge is 0.199 e. The van der Waals surface area contributed by atoms with E-state index in [-0.39, 0.29) is 0 Å². The number of hydrogen-bond acceptors (Lipinski definition) is 2. The van der Waals surface area contributed by atoms with Crippen molar-refractivity contribution in [3.63, 3.8) is 0 Å². The molecule has 4 aromatic carbocycles. The third kappa shape index (κ3) is 11.7. The van der Waals surface area contributed by atoms with Gasteiger partial charge < -0.3 is 0 Å². The number of rotatable bonds is 4. The molecule has 240 valence electrons. The molecule has 1 saturated carbocycles. The van der Waals surface area contributed by atoms with Crippen LogP contribution in [0.4, 0.5) is 0 Å². The van der Waals surface area contributed by atoms with Gasteiger partial charge in [-0.15, -0.1) is 24.3 Å². The van der Waals surface area contributed by atoms with E-state index in [2.05, 4.69) is 89.7 Å². The van der Waals surface area contributed by atoms with Gasteiger partial charge in [-0.1, -0.05) is 12.1 Å². The molecule has 45 heavy (non-hydrogen) atoms. The van der Waals surface area contributed by atoms with Crippen molar-refractivity contribution in [1.29, 1.82) is 0 Å². The SMILES string of the molecule is Oc1c(Br)cc(Br)cc1C[S]1=[Zr]=[S@@](Cc2cc(Br)cc(Br)c2O)C2CCCCCC[C@@H]21.[CH2-]c1ccccc1.[CH2-]c1ccccc1. The van der Waals surface area contributed by atoms with Crippen LogP contribution in [-0.2, 0) is 30.7 Å². The van der Waals surface area contributed by atoms with Gasteiger partial charge in [0.2, 0.25) is 0 Å². The molecule has 0 aromatic heterocycles. The summed E-state index contributed by atoms with van der Waals surface area (Å²) in [6.07, 6.45) is 8.13. The van der Waals surface area contributed by atoms with Crippen LogP contribution in [-0.4, -0.2) is 20.7 Å². The van der Waals surface area contributed by atoms with E-state index in [4.69, 9.17) is 0 Å². The fraction of sp³-hybridized carbons (Fsp3) is 0.278. The van der Waals surface area contributed by atoms with Gasteiger partial charge in [0.25, 0.3) is 0 Å². The maximum Gasteiger partial charge on any atom is -0.0866 e. The monoisotopic (exact) mass is 972 g/mol. The number of halogens is 4. The molecular weight excluding hydrogens is 939 g/mol. The van der Waals surface area contributed by atoms with Gasteiger partial charge in [0.05, 0.1) is 0 Å². The fourth-order valence-electron chi connectivity index (χ4n) is 5.35. The molecule has 1 aliphatic heterocycles. The molecule has 2 aliphatic rings. The summed E-state index contributed by atoms with van der Waals surface area (Å²) in [7, 11) is 0.828. The van der Waals surface area contributed by atoms with Crippen molar-refractivity contribution in [2.75, 3.05) is 0 Å². The quantitative estimate of drug-likeness (QED) is 0.200. The van der Waals surface area contributed by atoms with E-state index in [1.165, 1.54) is 38.5 Å². The molecule has 4 aromatic rings. The molecule has 0 saturated heterocycles. The molecule has 1 fully saturated rings. The summed E-state index contributed by atoms with van der Waals surface area (Å²) in [5.41, 5.74) is 4.32. The maximum atomic E-state index is 10.7. The molecule has 9 heteroatoms. The topological polar surface area (TPSA) is 40.5 Å². The minimum atomic E-state index is -0.679. The van der Waals surface area contributed by atoms with E-state index in [1.807, 2.05) is 72.8 Å². The molecule has 4 atom stereocenters. The predicted molar refractivity (Wildman–Crippen MR) is 207 cm³/mol. The van der Waals surface area contributed by atoms with Crippen LogP contribution < -0.4 is 0 Å². The Balaban J connectivity index is 0.000000269. The molecule has 0 radical (unpaired) electrons. The Kier molecular flexibility index (Phi) is 15.9. The van der Waals surface area contributed by atoms with Crippen molar-refractivity contribution in [2.24, 2.45) is 0 Å². The minimum Gasteiger partial charge on any atom is -0.199 e. The van der Waals surface area contributed by atoms with E-state index >= 15 is 0 Å². The van der Waals surface area contributed by atoms with Crippen LogP contribution in [0.2, 0.25) is 0 Å². The van der Waals surface area contributed by atoms with Gasteiger partial charge in [-0.3, -0.25) is 0 Å². The molecule has 0 amide bonds. The molecule has 0 spiro atoms. The van der Waals surface area contributed by atoms with Crippen LogP contribution in [0, 0.1) is 13.8 Å². The maximum absolute atomic E-state index is 10.7. The zero-order chi connectivity index (χ0) is 32.3. The van der Waals surface area contributed by atoms with Crippen molar-refractivity contribution in [2.45, 2.75) is 60.5 Å². The van der Waals surface area contributed by atoms with Gasteiger partial charge in [-0.05, 0) is 0 Å². The number of aromatic hydroxyl groups is 2. The van der Waals surface area contributed by atoms with Gasteiger partial charge in [0, 0.05) is 0 Å². The van der Waals surface area contributed by atoms with E-state index in [9.17, 15) is 10.2 Å². The van der Waals surface area contributed by atoms with Crippen LogP contribution in [0.3, 0.4) is 0 Å².